The molecule has 1 saturated heterocycles. The first kappa shape index (κ1) is 19.0. The van der Waals surface area contributed by atoms with E-state index in [1.807, 2.05) is 0 Å². The van der Waals surface area contributed by atoms with Crippen molar-refractivity contribution in [3.05, 3.63) is 0 Å². The second-order valence-corrected chi connectivity index (χ2v) is 7.18. The van der Waals surface area contributed by atoms with E-state index in [2.05, 4.69) is 25.7 Å². The van der Waals surface area contributed by atoms with Crippen LogP contribution in [0.3, 0.4) is 0 Å². The number of aliphatic hydroxyl groups is 1. The molecule has 1 aliphatic heterocycles. The monoisotopic (exact) mass is 297 g/mol. The zero-order chi connectivity index (χ0) is 15.6. The zero-order valence-electron chi connectivity index (χ0n) is 14.9. The van der Waals surface area contributed by atoms with Crippen LogP contribution in [0, 0.1) is 0 Å². The third kappa shape index (κ3) is 6.28. The van der Waals surface area contributed by atoms with Crippen LogP contribution in [-0.2, 0) is 0 Å². The molecule has 0 amide bonds. The molecule has 0 spiro atoms. The first-order chi connectivity index (χ1) is 10.1. The minimum absolute atomic E-state index is 0.00261. The van der Waals surface area contributed by atoms with Crippen molar-refractivity contribution in [1.82, 2.24) is 4.90 Å². The molecule has 2 heteroatoms. The summed E-state index contributed by atoms with van der Waals surface area (Å²) < 4.78 is 0. The van der Waals surface area contributed by atoms with Gasteiger partial charge in [-0.2, -0.15) is 0 Å². The summed E-state index contributed by atoms with van der Waals surface area (Å²) in [5, 5.41) is 10.7. The van der Waals surface area contributed by atoms with Crippen molar-refractivity contribution in [2.24, 2.45) is 0 Å². The average molecular weight is 298 g/mol. The van der Waals surface area contributed by atoms with Gasteiger partial charge in [-0.1, -0.05) is 65.2 Å². The van der Waals surface area contributed by atoms with Crippen LogP contribution < -0.4 is 0 Å². The number of rotatable bonds is 11. The standard InChI is InChI=1S/C19H39NO/c1-4-6-7-8-9-10-12-15-18(21)19(3,5-2)20-16-13-11-14-17-20/h18,21H,4-17H2,1-3H3. The molecule has 1 fully saturated rings. The first-order valence-corrected chi connectivity index (χ1v) is 9.58. The third-order valence-corrected chi connectivity index (χ3v) is 5.59. The van der Waals surface area contributed by atoms with E-state index in [1.54, 1.807) is 0 Å². The molecular weight excluding hydrogens is 258 g/mol. The Balaban J connectivity index is 2.25. The molecule has 21 heavy (non-hydrogen) atoms. The highest BCUT2D eigenvalue weighted by Crippen LogP contribution is 2.30. The third-order valence-electron chi connectivity index (χ3n) is 5.59. The average Bonchev–Trinajstić information content (AvgIpc) is 2.53. The summed E-state index contributed by atoms with van der Waals surface area (Å²) in [4.78, 5) is 2.56. The molecule has 0 radical (unpaired) electrons. The maximum absolute atomic E-state index is 10.7. The van der Waals surface area contributed by atoms with E-state index in [0.29, 0.717) is 0 Å². The van der Waals surface area contributed by atoms with Crippen molar-refractivity contribution in [3.63, 3.8) is 0 Å². The predicted molar refractivity (Wildman–Crippen MR) is 92.7 cm³/mol. The Morgan fingerprint density at radius 1 is 0.905 bits per heavy atom. The van der Waals surface area contributed by atoms with Crippen LogP contribution in [0.15, 0.2) is 0 Å². The molecule has 0 bridgehead atoms. The van der Waals surface area contributed by atoms with E-state index >= 15 is 0 Å². The highest BCUT2D eigenvalue weighted by atomic mass is 16.3. The van der Waals surface area contributed by atoms with Crippen molar-refractivity contribution in [2.45, 2.75) is 109 Å². The molecule has 2 nitrogen and oxygen atoms in total. The molecule has 1 heterocycles. The van der Waals surface area contributed by atoms with E-state index in [-0.39, 0.29) is 11.6 Å². The molecule has 2 unspecified atom stereocenters. The summed E-state index contributed by atoms with van der Waals surface area (Å²) in [6.07, 6.45) is 15.2. The summed E-state index contributed by atoms with van der Waals surface area (Å²) in [5.74, 6) is 0. The van der Waals surface area contributed by atoms with Crippen LogP contribution in [0.5, 0.6) is 0 Å². The van der Waals surface area contributed by atoms with E-state index in [4.69, 9.17) is 0 Å². The van der Waals surface area contributed by atoms with Gasteiger partial charge in [0, 0.05) is 5.54 Å². The molecule has 0 aromatic heterocycles. The van der Waals surface area contributed by atoms with Gasteiger partial charge in [-0.3, -0.25) is 4.90 Å². The summed E-state index contributed by atoms with van der Waals surface area (Å²) in [5.41, 5.74) is 0.00261. The van der Waals surface area contributed by atoms with Gasteiger partial charge < -0.3 is 5.11 Å². The van der Waals surface area contributed by atoms with Gasteiger partial charge >= 0.3 is 0 Å². The first-order valence-electron chi connectivity index (χ1n) is 9.58. The van der Waals surface area contributed by atoms with Gasteiger partial charge in [-0.25, -0.2) is 0 Å². The Morgan fingerprint density at radius 2 is 1.48 bits per heavy atom. The summed E-state index contributed by atoms with van der Waals surface area (Å²) in [6, 6.07) is 0. The Bertz CT molecular complexity index is 250. The smallest absolute Gasteiger partial charge is 0.0721 e. The number of hydrogen-bond donors (Lipinski definition) is 1. The van der Waals surface area contributed by atoms with Crippen molar-refractivity contribution in [2.75, 3.05) is 13.1 Å². The fourth-order valence-corrected chi connectivity index (χ4v) is 3.68. The maximum atomic E-state index is 10.7. The van der Waals surface area contributed by atoms with Crippen LogP contribution in [-0.4, -0.2) is 34.7 Å². The Kier molecular flexibility index (Phi) is 9.59. The summed E-state index contributed by atoms with van der Waals surface area (Å²) in [6.45, 7) is 9.15. The maximum Gasteiger partial charge on any atom is 0.0721 e. The van der Waals surface area contributed by atoms with Crippen molar-refractivity contribution >= 4 is 0 Å². The van der Waals surface area contributed by atoms with Gasteiger partial charge in [0.15, 0.2) is 0 Å². The second kappa shape index (κ2) is 10.6. The molecule has 1 rings (SSSR count). The van der Waals surface area contributed by atoms with Gasteiger partial charge in [0.05, 0.1) is 6.10 Å². The Labute approximate surface area is 133 Å². The fourth-order valence-electron chi connectivity index (χ4n) is 3.68. The lowest BCUT2D eigenvalue weighted by Crippen LogP contribution is -2.55. The van der Waals surface area contributed by atoms with E-state index in [0.717, 1.165) is 12.8 Å². The number of nitrogens with zero attached hydrogens (tertiary/aromatic N) is 1. The highest BCUT2D eigenvalue weighted by molar-refractivity contribution is 4.93. The number of hydrogen-bond acceptors (Lipinski definition) is 2. The van der Waals surface area contributed by atoms with Gasteiger partial charge in [-0.15, -0.1) is 0 Å². The van der Waals surface area contributed by atoms with Crippen molar-refractivity contribution in [1.29, 1.82) is 0 Å². The van der Waals surface area contributed by atoms with Crippen molar-refractivity contribution < 1.29 is 5.11 Å². The number of piperidine rings is 1. The van der Waals surface area contributed by atoms with Gasteiger partial charge in [0.2, 0.25) is 0 Å². The number of aliphatic hydroxyl groups excluding tert-OH is 1. The molecule has 2 atom stereocenters. The van der Waals surface area contributed by atoms with Gasteiger partial charge in [0.25, 0.3) is 0 Å². The van der Waals surface area contributed by atoms with Gasteiger partial charge in [-0.05, 0) is 45.7 Å². The van der Waals surface area contributed by atoms with Crippen LogP contribution in [0.4, 0.5) is 0 Å². The minimum atomic E-state index is -0.156. The van der Waals surface area contributed by atoms with Crippen LogP contribution in [0.1, 0.15) is 97.8 Å². The lowest BCUT2D eigenvalue weighted by molar-refractivity contribution is -0.0379. The summed E-state index contributed by atoms with van der Waals surface area (Å²) in [7, 11) is 0. The van der Waals surface area contributed by atoms with Crippen LogP contribution in [0.2, 0.25) is 0 Å². The van der Waals surface area contributed by atoms with E-state index in [1.165, 1.54) is 77.3 Å². The lowest BCUT2D eigenvalue weighted by atomic mass is 9.85. The minimum Gasteiger partial charge on any atom is -0.391 e. The van der Waals surface area contributed by atoms with Crippen LogP contribution >= 0.6 is 0 Å². The molecule has 0 aromatic carbocycles. The fraction of sp³-hybridized carbons (Fsp3) is 1.00. The molecule has 0 saturated carbocycles. The number of likely N-dealkylation sites (tertiary alicyclic amines) is 1. The molecule has 0 aliphatic carbocycles. The Morgan fingerprint density at radius 3 is 2.05 bits per heavy atom. The van der Waals surface area contributed by atoms with Crippen LogP contribution in [0.25, 0.3) is 0 Å². The van der Waals surface area contributed by atoms with Gasteiger partial charge in [0.1, 0.15) is 0 Å². The topological polar surface area (TPSA) is 23.5 Å². The predicted octanol–water partition coefficient (Wildman–Crippen LogP) is 5.14. The summed E-state index contributed by atoms with van der Waals surface area (Å²) >= 11 is 0. The van der Waals surface area contributed by atoms with Crippen molar-refractivity contribution in [3.8, 4) is 0 Å². The second-order valence-electron chi connectivity index (χ2n) is 7.18. The number of unbranched alkanes of at least 4 members (excludes halogenated alkanes) is 6. The SMILES string of the molecule is CCCCCCCCCC(O)C(C)(CC)N1CCCCC1. The Hall–Kier alpha value is -0.0800. The molecule has 0 aromatic rings. The molecule has 1 N–H and O–H groups in total. The quantitative estimate of drug-likeness (QED) is 0.534. The molecular formula is C19H39NO. The molecule has 1 aliphatic rings. The van der Waals surface area contributed by atoms with E-state index < -0.39 is 0 Å². The normalized spacial score (nSPS) is 21.1. The lowest BCUT2D eigenvalue weighted by Gasteiger charge is -2.46. The molecule has 126 valence electrons. The van der Waals surface area contributed by atoms with E-state index in [9.17, 15) is 5.11 Å². The highest BCUT2D eigenvalue weighted by Gasteiger charge is 2.37. The zero-order valence-corrected chi connectivity index (χ0v) is 14.9. The largest absolute Gasteiger partial charge is 0.391 e.